The molecule has 7 nitrogen and oxygen atoms in total. The number of carbonyl (C=O) groups is 1. The third-order valence-corrected chi connectivity index (χ3v) is 5.36. The summed E-state index contributed by atoms with van der Waals surface area (Å²) < 4.78 is 52.7. The minimum absolute atomic E-state index is 0.191. The average molecular weight is 434 g/mol. The Labute approximate surface area is 174 Å². The van der Waals surface area contributed by atoms with Crippen LogP contribution in [0.1, 0.15) is 46.7 Å². The average Bonchev–Trinajstić information content (AvgIpc) is 3.40. The lowest BCUT2D eigenvalue weighted by molar-refractivity contribution is -0.138. The highest BCUT2D eigenvalue weighted by Crippen LogP contribution is 2.40. The summed E-state index contributed by atoms with van der Waals surface area (Å²) in [5.41, 5.74) is 5.78. The van der Waals surface area contributed by atoms with Gasteiger partial charge in [0.1, 0.15) is 5.69 Å². The normalized spacial score (nSPS) is 18.8. The molecule has 11 heteroatoms. The zero-order chi connectivity index (χ0) is 22.2. The van der Waals surface area contributed by atoms with E-state index in [-0.39, 0.29) is 23.3 Å². The highest BCUT2D eigenvalue weighted by atomic mass is 19.4. The van der Waals surface area contributed by atoms with Gasteiger partial charge < -0.3 is 11.1 Å². The number of pyridine rings is 1. The van der Waals surface area contributed by atoms with Gasteiger partial charge in [-0.15, -0.1) is 0 Å². The summed E-state index contributed by atoms with van der Waals surface area (Å²) in [6, 6.07) is 5.17. The molecule has 1 fully saturated rings. The molecule has 2 heterocycles. The number of aromatic nitrogens is 4. The van der Waals surface area contributed by atoms with Crippen LogP contribution in [0.25, 0.3) is 5.69 Å². The van der Waals surface area contributed by atoms with E-state index in [0.717, 1.165) is 12.0 Å². The number of nitrogens with two attached hydrogens (primary N) is 1. The van der Waals surface area contributed by atoms with E-state index in [4.69, 9.17) is 5.73 Å². The van der Waals surface area contributed by atoms with E-state index in [9.17, 15) is 22.4 Å². The molecule has 31 heavy (non-hydrogen) atoms. The molecule has 2 atom stereocenters. The third kappa shape index (κ3) is 4.07. The number of anilines is 1. The molecule has 0 saturated heterocycles. The maximum Gasteiger partial charge on any atom is 0.417 e. The molecule has 1 aliphatic rings. The molecule has 0 bridgehead atoms. The van der Waals surface area contributed by atoms with Gasteiger partial charge in [-0.25, -0.2) is 9.37 Å². The molecule has 0 radical (unpaired) electrons. The molecule has 0 aliphatic heterocycles. The number of carbonyl (C=O) groups excluding carboxylic acids is 1. The summed E-state index contributed by atoms with van der Waals surface area (Å²) in [4.78, 5) is 17.0. The van der Waals surface area contributed by atoms with Crippen molar-refractivity contribution in [3.63, 3.8) is 0 Å². The van der Waals surface area contributed by atoms with Crippen molar-refractivity contribution in [2.45, 2.75) is 37.4 Å². The minimum Gasteiger partial charge on any atom is -0.366 e. The summed E-state index contributed by atoms with van der Waals surface area (Å²) in [5.74, 6) is -2.18. The first kappa shape index (κ1) is 20.8. The van der Waals surface area contributed by atoms with Gasteiger partial charge >= 0.3 is 6.18 Å². The lowest BCUT2D eigenvalue weighted by Gasteiger charge is -2.25. The predicted molar refractivity (Wildman–Crippen MR) is 103 cm³/mol. The summed E-state index contributed by atoms with van der Waals surface area (Å²) >= 11 is 0. The molecule has 2 aromatic heterocycles. The number of nitrogens with one attached hydrogen (secondary N) is 1. The van der Waals surface area contributed by atoms with E-state index in [1.807, 2.05) is 6.07 Å². The fourth-order valence-corrected chi connectivity index (χ4v) is 3.99. The van der Waals surface area contributed by atoms with Crippen LogP contribution in [0.2, 0.25) is 0 Å². The molecule has 0 spiro atoms. The van der Waals surface area contributed by atoms with E-state index < -0.39 is 23.5 Å². The molecule has 3 aromatic rings. The maximum atomic E-state index is 14.3. The van der Waals surface area contributed by atoms with E-state index in [0.29, 0.717) is 30.8 Å². The lowest BCUT2D eigenvalue weighted by Crippen LogP contribution is -2.26. The highest BCUT2D eigenvalue weighted by molar-refractivity contribution is 5.97. The Morgan fingerprint density at radius 3 is 2.58 bits per heavy atom. The Morgan fingerprint density at radius 2 is 1.94 bits per heavy atom. The van der Waals surface area contributed by atoms with Crippen molar-refractivity contribution in [2.75, 3.05) is 5.32 Å². The molecule has 1 amide bonds. The molecule has 1 aromatic carbocycles. The van der Waals surface area contributed by atoms with Crippen molar-refractivity contribution in [1.29, 1.82) is 0 Å². The second kappa shape index (κ2) is 7.97. The maximum absolute atomic E-state index is 14.3. The first-order valence-corrected chi connectivity index (χ1v) is 9.54. The van der Waals surface area contributed by atoms with Crippen molar-refractivity contribution in [3.05, 3.63) is 65.4 Å². The largest absolute Gasteiger partial charge is 0.417 e. The fraction of sp³-hybridized carbons (Fsp3) is 0.300. The number of benzene rings is 1. The van der Waals surface area contributed by atoms with Gasteiger partial charge in [0, 0.05) is 18.2 Å². The van der Waals surface area contributed by atoms with Gasteiger partial charge in [-0.2, -0.15) is 28.2 Å². The number of rotatable bonds is 5. The first-order valence-electron chi connectivity index (χ1n) is 9.54. The number of hydrogen-bond acceptors (Lipinski definition) is 5. The lowest BCUT2D eigenvalue weighted by atomic mass is 9.90. The van der Waals surface area contributed by atoms with Gasteiger partial charge in [-0.3, -0.25) is 4.79 Å². The minimum atomic E-state index is -4.68. The van der Waals surface area contributed by atoms with Crippen molar-refractivity contribution in [3.8, 4) is 5.69 Å². The topological polar surface area (TPSA) is 98.7 Å². The Balaban J connectivity index is 1.69. The van der Waals surface area contributed by atoms with Crippen LogP contribution in [-0.4, -0.2) is 31.9 Å². The molecule has 3 N–H and O–H groups in total. The molecular formula is C20H18F4N6O. The Bertz CT molecular complexity index is 1100. The fourth-order valence-electron chi connectivity index (χ4n) is 3.99. The Morgan fingerprint density at radius 1 is 1.19 bits per heavy atom. The van der Waals surface area contributed by atoms with Crippen LogP contribution >= 0.6 is 0 Å². The van der Waals surface area contributed by atoms with Gasteiger partial charge in [0.2, 0.25) is 0 Å². The van der Waals surface area contributed by atoms with Crippen LogP contribution in [0.3, 0.4) is 0 Å². The molecule has 162 valence electrons. The SMILES string of the molecule is NC(=O)c1cccc([C@@H]2CCC[C@@H]2Nc2ncc(C(F)(F)F)cc2F)c1-n1nccn1. The van der Waals surface area contributed by atoms with Gasteiger partial charge in [0.25, 0.3) is 5.91 Å². The van der Waals surface area contributed by atoms with Crippen molar-refractivity contribution in [2.24, 2.45) is 5.73 Å². The van der Waals surface area contributed by atoms with Crippen LogP contribution in [0, 0.1) is 5.82 Å². The van der Waals surface area contributed by atoms with Crippen LogP contribution in [-0.2, 0) is 6.18 Å². The Hall–Kier alpha value is -3.50. The number of halogens is 4. The highest BCUT2D eigenvalue weighted by Gasteiger charge is 2.35. The summed E-state index contributed by atoms with van der Waals surface area (Å²) in [5, 5.41) is 11.2. The van der Waals surface area contributed by atoms with Gasteiger partial charge in [0.15, 0.2) is 11.6 Å². The number of nitrogens with zero attached hydrogens (tertiary/aromatic N) is 4. The number of alkyl halides is 3. The smallest absolute Gasteiger partial charge is 0.366 e. The first-order chi connectivity index (χ1) is 14.8. The zero-order valence-electron chi connectivity index (χ0n) is 16.1. The molecular weight excluding hydrogens is 416 g/mol. The number of amides is 1. The number of para-hydroxylation sites is 1. The second-order valence-electron chi connectivity index (χ2n) is 7.27. The van der Waals surface area contributed by atoms with Crippen molar-refractivity contribution < 1.29 is 22.4 Å². The van der Waals surface area contributed by atoms with E-state index in [1.165, 1.54) is 17.2 Å². The monoisotopic (exact) mass is 434 g/mol. The molecule has 1 saturated carbocycles. The quantitative estimate of drug-likeness (QED) is 0.597. The summed E-state index contributed by atoms with van der Waals surface area (Å²) in [6.45, 7) is 0. The molecule has 1 aliphatic carbocycles. The molecule has 4 rings (SSSR count). The molecule has 0 unspecified atom stereocenters. The van der Waals surface area contributed by atoms with Gasteiger partial charge in [-0.05, 0) is 30.5 Å². The summed E-state index contributed by atoms with van der Waals surface area (Å²) in [7, 11) is 0. The number of primary amides is 1. The van der Waals surface area contributed by atoms with E-state index >= 15 is 0 Å². The third-order valence-electron chi connectivity index (χ3n) is 5.36. The Kier molecular flexibility index (Phi) is 5.34. The summed E-state index contributed by atoms with van der Waals surface area (Å²) in [6.07, 6.45) is 0.986. The van der Waals surface area contributed by atoms with Crippen LogP contribution in [0.4, 0.5) is 23.4 Å². The predicted octanol–water partition coefficient (Wildman–Crippen LogP) is 3.67. The van der Waals surface area contributed by atoms with Crippen LogP contribution < -0.4 is 11.1 Å². The van der Waals surface area contributed by atoms with Crippen molar-refractivity contribution in [1.82, 2.24) is 20.0 Å². The van der Waals surface area contributed by atoms with Crippen LogP contribution in [0.15, 0.2) is 42.9 Å². The van der Waals surface area contributed by atoms with Crippen LogP contribution in [0.5, 0.6) is 0 Å². The van der Waals surface area contributed by atoms with Crippen molar-refractivity contribution >= 4 is 11.7 Å². The van der Waals surface area contributed by atoms with Gasteiger partial charge in [-0.1, -0.05) is 18.6 Å². The van der Waals surface area contributed by atoms with E-state index in [2.05, 4.69) is 20.5 Å². The van der Waals surface area contributed by atoms with E-state index in [1.54, 1.807) is 12.1 Å². The standard InChI is InChI=1S/C20H18F4N6O/c21-15-9-11(20(22,23)24)10-26-19(15)29-16-6-2-3-12(16)13-4-1-5-14(18(25)31)17(13)30-27-7-8-28-30/h1,4-5,7-10,12,16H,2-3,6H2,(H2,25,31)(H,26,29)/t12-,16-/m0/s1. The number of hydrogen-bond donors (Lipinski definition) is 2. The zero-order valence-corrected chi connectivity index (χ0v) is 16.1. The van der Waals surface area contributed by atoms with Gasteiger partial charge in [0.05, 0.1) is 23.5 Å². The second-order valence-corrected chi connectivity index (χ2v) is 7.27.